The zero-order valence-corrected chi connectivity index (χ0v) is 7.16. The minimum Gasteiger partial charge on any atom is -0.508 e. The van der Waals surface area contributed by atoms with Gasteiger partial charge in [-0.2, -0.15) is 0 Å². The van der Waals surface area contributed by atoms with Crippen LogP contribution in [-0.4, -0.2) is 22.9 Å². The number of hydrogen-bond donors (Lipinski definition) is 2. The molecule has 0 aliphatic carbocycles. The van der Waals surface area contributed by atoms with Gasteiger partial charge in [0.05, 0.1) is 0 Å². The van der Waals surface area contributed by atoms with E-state index in [0.717, 1.165) is 12.8 Å². The van der Waals surface area contributed by atoms with Gasteiger partial charge in [-0.05, 0) is 18.6 Å². The Bertz CT molecular complexity index is 206. The lowest BCUT2D eigenvalue weighted by molar-refractivity contribution is 0.0703. The monoisotopic (exact) mass is 170 g/mol. The third-order valence-electron chi connectivity index (χ3n) is 1.77. The van der Waals surface area contributed by atoms with Crippen molar-refractivity contribution >= 4 is 0 Å². The Labute approximate surface area is 72.0 Å². The number of ether oxygens (including phenoxy) is 1. The minimum atomic E-state index is -0.262. The quantitative estimate of drug-likeness (QED) is 0.674. The Balaban J connectivity index is 2.59. The molecule has 0 saturated carbocycles. The molecule has 0 radical (unpaired) electrons. The molecule has 0 bridgehead atoms. The average Bonchev–Trinajstić information content (AvgIpc) is 2.09. The van der Waals surface area contributed by atoms with Gasteiger partial charge < -0.3 is 14.9 Å². The first-order valence-electron chi connectivity index (χ1n) is 4.15. The highest BCUT2D eigenvalue weighted by Gasteiger charge is 2.18. The third kappa shape index (κ3) is 2.01. The van der Waals surface area contributed by atoms with Gasteiger partial charge in [0.2, 0.25) is 0 Å². The SMILES string of the molecule is CCCC1OC(CO)=CC=C1O. The molecule has 1 rings (SSSR count). The van der Waals surface area contributed by atoms with E-state index in [-0.39, 0.29) is 18.5 Å². The van der Waals surface area contributed by atoms with Crippen LogP contribution in [0.4, 0.5) is 0 Å². The van der Waals surface area contributed by atoms with Crippen molar-refractivity contribution in [2.45, 2.75) is 25.9 Å². The first-order chi connectivity index (χ1) is 5.77. The molecule has 0 saturated heterocycles. The molecular formula is C9H14O3. The van der Waals surface area contributed by atoms with E-state index < -0.39 is 0 Å². The third-order valence-corrected chi connectivity index (χ3v) is 1.77. The van der Waals surface area contributed by atoms with Crippen molar-refractivity contribution < 1.29 is 14.9 Å². The van der Waals surface area contributed by atoms with Crippen LogP contribution in [0, 0.1) is 0 Å². The van der Waals surface area contributed by atoms with Crippen LogP contribution in [0.15, 0.2) is 23.7 Å². The molecule has 1 heterocycles. The van der Waals surface area contributed by atoms with Crippen LogP contribution in [0.25, 0.3) is 0 Å². The Morgan fingerprint density at radius 1 is 1.50 bits per heavy atom. The van der Waals surface area contributed by atoms with Crippen LogP contribution in [0.5, 0.6) is 0 Å². The molecule has 0 aromatic rings. The summed E-state index contributed by atoms with van der Waals surface area (Å²) in [7, 11) is 0. The molecule has 0 fully saturated rings. The normalized spacial score (nSPS) is 22.7. The van der Waals surface area contributed by atoms with E-state index in [1.54, 1.807) is 12.2 Å². The lowest BCUT2D eigenvalue weighted by Crippen LogP contribution is -2.19. The van der Waals surface area contributed by atoms with Crippen molar-refractivity contribution in [2.24, 2.45) is 0 Å². The van der Waals surface area contributed by atoms with Gasteiger partial charge in [-0.15, -0.1) is 0 Å². The van der Waals surface area contributed by atoms with Gasteiger partial charge in [0.15, 0.2) is 6.10 Å². The van der Waals surface area contributed by atoms with Gasteiger partial charge in [0.1, 0.15) is 18.1 Å². The predicted molar refractivity (Wildman–Crippen MR) is 45.7 cm³/mol. The number of rotatable bonds is 3. The maximum atomic E-state index is 9.32. The molecule has 0 aromatic heterocycles. The van der Waals surface area contributed by atoms with Crippen molar-refractivity contribution in [1.29, 1.82) is 0 Å². The van der Waals surface area contributed by atoms with E-state index >= 15 is 0 Å². The Morgan fingerprint density at radius 3 is 2.83 bits per heavy atom. The van der Waals surface area contributed by atoms with Crippen LogP contribution in [0.2, 0.25) is 0 Å². The second-order valence-corrected chi connectivity index (χ2v) is 2.78. The lowest BCUT2D eigenvalue weighted by atomic mass is 10.1. The highest BCUT2D eigenvalue weighted by Crippen LogP contribution is 2.19. The number of aliphatic hydroxyl groups excluding tert-OH is 2. The molecule has 68 valence electrons. The van der Waals surface area contributed by atoms with Crippen molar-refractivity contribution in [3.8, 4) is 0 Å². The van der Waals surface area contributed by atoms with E-state index in [9.17, 15) is 5.11 Å². The lowest BCUT2D eigenvalue weighted by Gasteiger charge is -2.21. The number of aliphatic hydroxyl groups is 2. The van der Waals surface area contributed by atoms with E-state index in [4.69, 9.17) is 9.84 Å². The van der Waals surface area contributed by atoms with Gasteiger partial charge in [-0.25, -0.2) is 0 Å². The zero-order chi connectivity index (χ0) is 8.97. The van der Waals surface area contributed by atoms with Crippen LogP contribution < -0.4 is 0 Å². The number of allylic oxidation sites excluding steroid dienone is 2. The summed E-state index contributed by atoms with van der Waals surface area (Å²) >= 11 is 0. The first-order valence-corrected chi connectivity index (χ1v) is 4.15. The largest absolute Gasteiger partial charge is 0.508 e. The van der Waals surface area contributed by atoms with Gasteiger partial charge in [0, 0.05) is 0 Å². The fourth-order valence-electron chi connectivity index (χ4n) is 1.13. The Kier molecular flexibility index (Phi) is 3.17. The van der Waals surface area contributed by atoms with E-state index in [0.29, 0.717) is 5.76 Å². The molecule has 1 unspecified atom stereocenters. The molecule has 0 spiro atoms. The minimum absolute atomic E-state index is 0.107. The van der Waals surface area contributed by atoms with Gasteiger partial charge >= 0.3 is 0 Å². The van der Waals surface area contributed by atoms with E-state index in [1.807, 2.05) is 6.92 Å². The Morgan fingerprint density at radius 2 is 2.25 bits per heavy atom. The molecule has 3 heteroatoms. The molecular weight excluding hydrogens is 156 g/mol. The van der Waals surface area contributed by atoms with Crippen molar-refractivity contribution in [2.75, 3.05) is 6.61 Å². The smallest absolute Gasteiger partial charge is 0.155 e. The fourth-order valence-corrected chi connectivity index (χ4v) is 1.13. The first kappa shape index (κ1) is 9.13. The molecule has 3 nitrogen and oxygen atoms in total. The Hall–Kier alpha value is -0.960. The van der Waals surface area contributed by atoms with Gasteiger partial charge in [0.25, 0.3) is 0 Å². The van der Waals surface area contributed by atoms with Crippen LogP contribution in [0.1, 0.15) is 19.8 Å². The summed E-state index contributed by atoms with van der Waals surface area (Å²) in [6, 6.07) is 0. The van der Waals surface area contributed by atoms with Crippen molar-refractivity contribution in [1.82, 2.24) is 0 Å². The maximum Gasteiger partial charge on any atom is 0.155 e. The fraction of sp³-hybridized carbons (Fsp3) is 0.556. The second-order valence-electron chi connectivity index (χ2n) is 2.78. The van der Waals surface area contributed by atoms with E-state index in [1.165, 1.54) is 0 Å². The maximum absolute atomic E-state index is 9.32. The van der Waals surface area contributed by atoms with Gasteiger partial charge in [-0.3, -0.25) is 0 Å². The van der Waals surface area contributed by atoms with Crippen LogP contribution >= 0.6 is 0 Å². The topological polar surface area (TPSA) is 49.7 Å². The molecule has 1 aliphatic heterocycles. The van der Waals surface area contributed by atoms with Crippen LogP contribution in [0.3, 0.4) is 0 Å². The number of hydrogen-bond acceptors (Lipinski definition) is 3. The average molecular weight is 170 g/mol. The summed E-state index contributed by atoms with van der Waals surface area (Å²) in [6.07, 6.45) is 4.62. The van der Waals surface area contributed by atoms with E-state index in [2.05, 4.69) is 0 Å². The molecule has 12 heavy (non-hydrogen) atoms. The summed E-state index contributed by atoms with van der Waals surface area (Å²) in [5, 5.41) is 18.1. The van der Waals surface area contributed by atoms with Gasteiger partial charge in [-0.1, -0.05) is 13.3 Å². The summed E-state index contributed by atoms with van der Waals surface area (Å²) in [5.41, 5.74) is 0. The van der Waals surface area contributed by atoms with Crippen molar-refractivity contribution in [3.05, 3.63) is 23.7 Å². The standard InChI is InChI=1S/C9H14O3/c1-2-3-9-8(11)5-4-7(6-10)12-9/h4-5,9-11H,2-3,6H2,1H3. The molecule has 1 aliphatic rings. The van der Waals surface area contributed by atoms with Crippen LogP contribution in [-0.2, 0) is 4.74 Å². The molecule has 2 N–H and O–H groups in total. The highest BCUT2D eigenvalue weighted by atomic mass is 16.5. The summed E-state index contributed by atoms with van der Waals surface area (Å²) in [5.74, 6) is 0.764. The summed E-state index contributed by atoms with van der Waals surface area (Å²) in [4.78, 5) is 0. The highest BCUT2D eigenvalue weighted by molar-refractivity contribution is 5.18. The summed E-state index contributed by atoms with van der Waals surface area (Å²) < 4.78 is 5.28. The molecule has 0 aromatic carbocycles. The molecule has 1 atom stereocenters. The second kappa shape index (κ2) is 4.16. The predicted octanol–water partition coefficient (Wildman–Crippen LogP) is 1.50. The summed E-state index contributed by atoms with van der Waals surface area (Å²) in [6.45, 7) is 1.91. The zero-order valence-electron chi connectivity index (χ0n) is 7.16. The van der Waals surface area contributed by atoms with Crippen molar-refractivity contribution in [3.63, 3.8) is 0 Å². The molecule has 0 amide bonds.